The number of ether oxygens (including phenoxy) is 2. The first-order valence-corrected chi connectivity index (χ1v) is 10.6. The van der Waals surface area contributed by atoms with E-state index < -0.39 is 11.8 Å². The van der Waals surface area contributed by atoms with Crippen molar-refractivity contribution in [1.29, 1.82) is 5.26 Å². The second kappa shape index (κ2) is 11.5. The number of hydrogen-bond acceptors (Lipinski definition) is 5. The highest BCUT2D eigenvalue weighted by atomic mass is 35.5. The normalized spacial score (nSPS) is 10.7. The lowest BCUT2D eigenvalue weighted by atomic mass is 10.1. The third kappa shape index (κ3) is 6.61. The summed E-state index contributed by atoms with van der Waals surface area (Å²) < 4.78 is 10.9. The van der Waals surface area contributed by atoms with Gasteiger partial charge in [-0.15, -0.1) is 0 Å². The van der Waals surface area contributed by atoms with Crippen LogP contribution in [0.3, 0.4) is 0 Å². The lowest BCUT2D eigenvalue weighted by Gasteiger charge is -2.12. The quantitative estimate of drug-likeness (QED) is 0.343. The number of nitrogens with zero attached hydrogens (tertiary/aromatic N) is 1. The molecule has 7 nitrogen and oxygen atoms in total. The van der Waals surface area contributed by atoms with Crippen molar-refractivity contribution in [2.24, 2.45) is 0 Å². The Bertz CT molecular complexity index is 1280. The minimum Gasteiger partial charge on any atom is -0.493 e. The molecule has 0 fully saturated rings. The molecule has 0 aliphatic heterocycles. The molecule has 2 N–H and O–H groups in total. The van der Waals surface area contributed by atoms with Gasteiger partial charge in [-0.1, -0.05) is 41.9 Å². The highest BCUT2D eigenvalue weighted by Crippen LogP contribution is 2.29. The summed E-state index contributed by atoms with van der Waals surface area (Å²) in [5, 5.41) is 15.3. The summed E-state index contributed by atoms with van der Waals surface area (Å²) >= 11 is 6.05. The third-order valence-electron chi connectivity index (χ3n) is 4.65. The number of carbonyl (C=O) groups excluding carboxylic acids is 2. The Balaban J connectivity index is 1.68. The Hall–Kier alpha value is -4.28. The van der Waals surface area contributed by atoms with E-state index in [9.17, 15) is 14.9 Å². The molecule has 0 aliphatic carbocycles. The zero-order chi connectivity index (χ0) is 24.5. The van der Waals surface area contributed by atoms with Crippen molar-refractivity contribution in [1.82, 2.24) is 0 Å². The Kier molecular flexibility index (Phi) is 8.27. The van der Waals surface area contributed by atoms with Crippen LogP contribution in [0.5, 0.6) is 11.5 Å². The van der Waals surface area contributed by atoms with Crippen LogP contribution in [0, 0.1) is 18.3 Å². The Labute approximate surface area is 202 Å². The zero-order valence-corrected chi connectivity index (χ0v) is 19.3. The number of anilines is 2. The summed E-state index contributed by atoms with van der Waals surface area (Å²) in [7, 11) is 1.45. The topological polar surface area (TPSA) is 100 Å². The van der Waals surface area contributed by atoms with Crippen molar-refractivity contribution in [3.8, 4) is 17.6 Å². The predicted octanol–water partition coefficient (Wildman–Crippen LogP) is 5.22. The fourth-order valence-corrected chi connectivity index (χ4v) is 3.20. The summed E-state index contributed by atoms with van der Waals surface area (Å²) in [6, 6.07) is 20.9. The van der Waals surface area contributed by atoms with Crippen LogP contribution in [0.1, 0.15) is 11.1 Å². The van der Waals surface area contributed by atoms with Crippen molar-refractivity contribution in [3.63, 3.8) is 0 Å². The van der Waals surface area contributed by atoms with E-state index in [1.165, 1.54) is 13.2 Å². The van der Waals surface area contributed by atoms with Gasteiger partial charge in [0.05, 0.1) is 17.8 Å². The number of benzene rings is 3. The molecule has 3 aromatic carbocycles. The number of halogens is 1. The average molecular weight is 476 g/mol. The first-order valence-electron chi connectivity index (χ1n) is 10.2. The first kappa shape index (κ1) is 24.4. The van der Waals surface area contributed by atoms with Crippen LogP contribution >= 0.6 is 11.6 Å². The largest absolute Gasteiger partial charge is 0.493 e. The standard InChI is InChI=1S/C26H22ClN3O4/c1-17-6-5-7-20(12-17)29-26(32)19(15-28)13-18-10-11-23(24(14-18)33-2)34-16-25(31)30-22-9-4-3-8-21(22)27/h3-14H,16H2,1-2H3,(H,29,32)(H,30,31)/b19-13+. The molecule has 172 valence electrons. The van der Waals surface area contributed by atoms with E-state index in [-0.39, 0.29) is 12.2 Å². The van der Waals surface area contributed by atoms with Gasteiger partial charge in [-0.25, -0.2) is 0 Å². The first-order chi connectivity index (χ1) is 16.4. The Morgan fingerprint density at radius 2 is 1.82 bits per heavy atom. The number of carbonyl (C=O) groups is 2. The number of aryl methyl sites for hydroxylation is 1. The number of nitriles is 1. The van der Waals surface area contributed by atoms with Crippen LogP contribution in [0.15, 0.2) is 72.3 Å². The van der Waals surface area contributed by atoms with Crippen molar-refractivity contribution in [2.75, 3.05) is 24.4 Å². The molecule has 0 saturated heterocycles. The maximum atomic E-state index is 12.5. The SMILES string of the molecule is COc1cc(/C=C(\C#N)C(=O)Nc2cccc(C)c2)ccc1OCC(=O)Nc1ccccc1Cl. The van der Waals surface area contributed by atoms with Crippen molar-refractivity contribution in [3.05, 3.63) is 88.5 Å². The number of para-hydroxylation sites is 1. The molecule has 0 aromatic heterocycles. The lowest BCUT2D eigenvalue weighted by molar-refractivity contribution is -0.118. The third-order valence-corrected chi connectivity index (χ3v) is 4.98. The van der Waals surface area contributed by atoms with E-state index >= 15 is 0 Å². The van der Waals surface area contributed by atoms with Gasteiger partial charge in [-0.05, 0) is 60.5 Å². The van der Waals surface area contributed by atoms with Crippen LogP contribution in [-0.2, 0) is 9.59 Å². The monoisotopic (exact) mass is 475 g/mol. The molecule has 0 unspecified atom stereocenters. The molecule has 3 rings (SSSR count). The predicted molar refractivity (Wildman–Crippen MR) is 132 cm³/mol. The summed E-state index contributed by atoms with van der Waals surface area (Å²) in [5.41, 5.74) is 2.55. The van der Waals surface area contributed by atoms with E-state index in [0.717, 1.165) is 5.56 Å². The van der Waals surface area contributed by atoms with Crippen molar-refractivity contribution < 1.29 is 19.1 Å². The molecule has 0 spiro atoms. The van der Waals surface area contributed by atoms with Gasteiger partial charge in [0.15, 0.2) is 18.1 Å². The molecule has 34 heavy (non-hydrogen) atoms. The molecule has 0 heterocycles. The molecule has 0 aliphatic rings. The number of nitrogens with one attached hydrogen (secondary N) is 2. The second-order valence-corrected chi connectivity index (χ2v) is 7.63. The minimum atomic E-state index is -0.524. The van der Waals surface area contributed by atoms with Gasteiger partial charge in [0.25, 0.3) is 11.8 Å². The van der Waals surface area contributed by atoms with E-state index in [1.807, 2.05) is 31.2 Å². The molecule has 0 radical (unpaired) electrons. The smallest absolute Gasteiger partial charge is 0.266 e. The molecule has 0 saturated carbocycles. The molecule has 8 heteroatoms. The maximum Gasteiger partial charge on any atom is 0.266 e. The van der Waals surface area contributed by atoms with Crippen LogP contribution in [0.2, 0.25) is 5.02 Å². The lowest BCUT2D eigenvalue weighted by Crippen LogP contribution is -2.20. The fourth-order valence-electron chi connectivity index (χ4n) is 3.02. The molecule has 0 bridgehead atoms. The molecule has 0 atom stereocenters. The van der Waals surface area contributed by atoms with Gasteiger partial charge in [0.2, 0.25) is 0 Å². The van der Waals surface area contributed by atoms with Crippen molar-refractivity contribution in [2.45, 2.75) is 6.92 Å². The van der Waals surface area contributed by atoms with Crippen LogP contribution in [-0.4, -0.2) is 25.5 Å². The van der Waals surface area contributed by atoms with Crippen LogP contribution in [0.4, 0.5) is 11.4 Å². The molecule has 3 aromatic rings. The molecular weight excluding hydrogens is 454 g/mol. The van der Waals surface area contributed by atoms with E-state index in [4.69, 9.17) is 21.1 Å². The summed E-state index contributed by atoms with van der Waals surface area (Å²) in [6.07, 6.45) is 1.45. The van der Waals surface area contributed by atoms with Gasteiger partial charge >= 0.3 is 0 Å². The average Bonchev–Trinajstić information content (AvgIpc) is 2.82. The van der Waals surface area contributed by atoms with E-state index in [2.05, 4.69) is 10.6 Å². The summed E-state index contributed by atoms with van der Waals surface area (Å²) in [6.45, 7) is 1.64. The number of hydrogen-bond donors (Lipinski definition) is 2. The van der Waals surface area contributed by atoms with Gasteiger partial charge in [0, 0.05) is 5.69 Å². The highest BCUT2D eigenvalue weighted by molar-refractivity contribution is 6.33. The number of methoxy groups -OCH3 is 1. The summed E-state index contributed by atoms with van der Waals surface area (Å²) in [4.78, 5) is 24.7. The van der Waals surface area contributed by atoms with E-state index in [1.54, 1.807) is 48.5 Å². The van der Waals surface area contributed by atoms with E-state index in [0.29, 0.717) is 33.5 Å². The van der Waals surface area contributed by atoms with Crippen molar-refractivity contribution >= 4 is 40.9 Å². The zero-order valence-electron chi connectivity index (χ0n) is 18.6. The summed E-state index contributed by atoms with van der Waals surface area (Å²) in [5.74, 6) is -0.241. The van der Waals surface area contributed by atoms with Gasteiger partial charge < -0.3 is 20.1 Å². The maximum absolute atomic E-state index is 12.5. The minimum absolute atomic E-state index is 0.0728. The molecule has 2 amide bonds. The highest BCUT2D eigenvalue weighted by Gasteiger charge is 2.13. The Morgan fingerprint density at radius 1 is 1.03 bits per heavy atom. The number of rotatable bonds is 8. The number of amides is 2. The molecular formula is C26H22ClN3O4. The van der Waals surface area contributed by atoms with Crippen LogP contribution in [0.25, 0.3) is 6.08 Å². The fraction of sp³-hybridized carbons (Fsp3) is 0.115. The van der Waals surface area contributed by atoms with Gasteiger partial charge in [-0.2, -0.15) is 5.26 Å². The Morgan fingerprint density at radius 3 is 2.53 bits per heavy atom. The van der Waals surface area contributed by atoms with Crippen LogP contribution < -0.4 is 20.1 Å². The second-order valence-electron chi connectivity index (χ2n) is 7.22. The van der Waals surface area contributed by atoms with Gasteiger partial charge in [0.1, 0.15) is 11.6 Å². The van der Waals surface area contributed by atoms with Gasteiger partial charge in [-0.3, -0.25) is 9.59 Å².